The van der Waals surface area contributed by atoms with Crippen LogP contribution in [0.4, 0.5) is 0 Å². The highest BCUT2D eigenvalue weighted by Crippen LogP contribution is 2.03. The number of hydrogen-bond donors (Lipinski definition) is 0. The highest BCUT2D eigenvalue weighted by atomic mass is 14.2. The van der Waals surface area contributed by atoms with Crippen molar-refractivity contribution in [3.8, 4) is 6.07 Å². The van der Waals surface area contributed by atoms with Crippen molar-refractivity contribution in [1.82, 2.24) is 0 Å². The zero-order valence-corrected chi connectivity index (χ0v) is 6.17. The number of hydrogen-bond acceptors (Lipinski definition) is 1. The van der Waals surface area contributed by atoms with Crippen LogP contribution in [0.1, 0.15) is 11.1 Å². The lowest BCUT2D eigenvalue weighted by molar-refractivity contribution is 1.27. The van der Waals surface area contributed by atoms with Gasteiger partial charge in [-0.25, -0.2) is 0 Å². The summed E-state index contributed by atoms with van der Waals surface area (Å²) in [4.78, 5) is 0. The van der Waals surface area contributed by atoms with Gasteiger partial charge in [0.05, 0.1) is 11.6 Å². The molecule has 0 aliphatic carbocycles. The summed E-state index contributed by atoms with van der Waals surface area (Å²) < 4.78 is 0. The molecule has 1 radical (unpaired) electrons. The van der Waals surface area contributed by atoms with Gasteiger partial charge in [0, 0.05) is 6.07 Å². The summed E-state index contributed by atoms with van der Waals surface area (Å²) in [5.74, 6) is 0. The second-order valence-corrected chi connectivity index (χ2v) is 2.22. The van der Waals surface area contributed by atoms with Gasteiger partial charge in [0.1, 0.15) is 0 Å². The normalized spacial score (nSPS) is 8.64. The third-order valence-electron chi connectivity index (χ3n) is 1.37. The Hall–Kier alpha value is -1.55. The number of benzene rings is 1. The first-order valence-corrected chi connectivity index (χ1v) is 3.38. The molecule has 0 amide bonds. The van der Waals surface area contributed by atoms with Crippen LogP contribution in [0.2, 0.25) is 0 Å². The molecule has 11 heavy (non-hydrogen) atoms. The van der Waals surface area contributed by atoms with Crippen LogP contribution in [0.15, 0.2) is 30.9 Å². The minimum Gasteiger partial charge on any atom is -0.192 e. The summed E-state index contributed by atoms with van der Waals surface area (Å²) in [7, 11) is 0. The first-order chi connectivity index (χ1) is 5.36. The summed E-state index contributed by atoms with van der Waals surface area (Å²) in [6.07, 6.45) is 2.62. The standard InChI is InChI=1S/C10H8N/c1-2-4-9-5-3-6-10(7-9)8-11/h2-3,5,7H,1,4H2. The van der Waals surface area contributed by atoms with Crippen LogP contribution >= 0.6 is 0 Å². The summed E-state index contributed by atoms with van der Waals surface area (Å²) in [5.41, 5.74) is 1.69. The SMILES string of the molecule is C=CCc1cc[c]c(C#N)c1. The summed E-state index contributed by atoms with van der Waals surface area (Å²) >= 11 is 0. The molecule has 1 aromatic rings. The van der Waals surface area contributed by atoms with E-state index in [0.717, 1.165) is 12.0 Å². The van der Waals surface area contributed by atoms with Crippen molar-refractivity contribution >= 4 is 0 Å². The van der Waals surface area contributed by atoms with Crippen molar-refractivity contribution in [2.75, 3.05) is 0 Å². The number of allylic oxidation sites excluding steroid dienone is 1. The molecule has 0 fully saturated rings. The van der Waals surface area contributed by atoms with E-state index in [1.807, 2.05) is 24.3 Å². The van der Waals surface area contributed by atoms with E-state index in [4.69, 9.17) is 5.26 Å². The minimum absolute atomic E-state index is 0.587. The highest BCUT2D eigenvalue weighted by Gasteiger charge is 1.91. The molecule has 0 unspecified atom stereocenters. The van der Waals surface area contributed by atoms with Gasteiger partial charge >= 0.3 is 0 Å². The van der Waals surface area contributed by atoms with Crippen molar-refractivity contribution in [3.63, 3.8) is 0 Å². The topological polar surface area (TPSA) is 23.8 Å². The number of rotatable bonds is 2. The van der Waals surface area contributed by atoms with Crippen LogP contribution in [0.3, 0.4) is 0 Å². The lowest BCUT2D eigenvalue weighted by Crippen LogP contribution is -1.81. The van der Waals surface area contributed by atoms with Crippen molar-refractivity contribution in [2.24, 2.45) is 0 Å². The third kappa shape index (κ3) is 1.94. The Kier molecular flexibility index (Phi) is 2.46. The average Bonchev–Trinajstić information content (AvgIpc) is 2.06. The van der Waals surface area contributed by atoms with E-state index in [0.29, 0.717) is 5.56 Å². The molecule has 0 aliphatic rings. The van der Waals surface area contributed by atoms with Crippen LogP contribution in [-0.2, 0) is 6.42 Å². The lowest BCUT2D eigenvalue weighted by atomic mass is 10.1. The van der Waals surface area contributed by atoms with Crippen LogP contribution in [0.5, 0.6) is 0 Å². The molecule has 0 aromatic heterocycles. The second kappa shape index (κ2) is 3.58. The maximum absolute atomic E-state index is 8.52. The molecule has 0 atom stereocenters. The molecule has 0 spiro atoms. The van der Waals surface area contributed by atoms with Crippen LogP contribution < -0.4 is 0 Å². The summed E-state index contributed by atoms with van der Waals surface area (Å²) in [6.45, 7) is 3.62. The Bertz CT molecular complexity index is 294. The molecule has 0 heterocycles. The molecule has 1 nitrogen and oxygen atoms in total. The zero-order chi connectivity index (χ0) is 8.10. The Morgan fingerprint density at radius 2 is 2.55 bits per heavy atom. The Balaban J connectivity index is 2.93. The van der Waals surface area contributed by atoms with Gasteiger partial charge < -0.3 is 0 Å². The van der Waals surface area contributed by atoms with Gasteiger partial charge in [-0.15, -0.1) is 6.58 Å². The fourth-order valence-electron chi connectivity index (χ4n) is 0.872. The smallest absolute Gasteiger partial charge is 0.0998 e. The van der Waals surface area contributed by atoms with E-state index in [9.17, 15) is 0 Å². The Labute approximate surface area is 66.6 Å². The van der Waals surface area contributed by atoms with Crippen LogP contribution in [0.25, 0.3) is 0 Å². The molecule has 0 saturated carbocycles. The Morgan fingerprint density at radius 3 is 3.18 bits per heavy atom. The van der Waals surface area contributed by atoms with E-state index < -0.39 is 0 Å². The van der Waals surface area contributed by atoms with Gasteiger partial charge in [-0.2, -0.15) is 5.26 Å². The summed E-state index contributed by atoms with van der Waals surface area (Å²) in [5, 5.41) is 8.52. The van der Waals surface area contributed by atoms with Crippen LogP contribution in [-0.4, -0.2) is 0 Å². The molecule has 1 rings (SSSR count). The van der Waals surface area contributed by atoms with Crippen LogP contribution in [0, 0.1) is 17.4 Å². The van der Waals surface area contributed by atoms with E-state index >= 15 is 0 Å². The van der Waals surface area contributed by atoms with Crippen molar-refractivity contribution < 1.29 is 0 Å². The largest absolute Gasteiger partial charge is 0.192 e. The molecule has 0 aliphatic heterocycles. The zero-order valence-electron chi connectivity index (χ0n) is 6.17. The van der Waals surface area contributed by atoms with Gasteiger partial charge in [0.25, 0.3) is 0 Å². The van der Waals surface area contributed by atoms with Gasteiger partial charge in [-0.3, -0.25) is 0 Å². The summed E-state index contributed by atoms with van der Waals surface area (Å²) in [6, 6.07) is 10.4. The number of nitriles is 1. The van der Waals surface area contributed by atoms with Crippen molar-refractivity contribution in [3.05, 3.63) is 48.0 Å². The first kappa shape index (κ1) is 7.56. The molecule has 1 aromatic carbocycles. The molecule has 0 bridgehead atoms. The maximum Gasteiger partial charge on any atom is 0.0998 e. The van der Waals surface area contributed by atoms with E-state index in [1.54, 1.807) is 6.07 Å². The molecule has 0 saturated heterocycles. The van der Waals surface area contributed by atoms with Gasteiger partial charge in [0.15, 0.2) is 0 Å². The van der Waals surface area contributed by atoms with Gasteiger partial charge in [-0.05, 0) is 18.1 Å². The monoisotopic (exact) mass is 142 g/mol. The predicted octanol–water partition coefficient (Wildman–Crippen LogP) is 2.09. The third-order valence-corrected chi connectivity index (χ3v) is 1.37. The highest BCUT2D eigenvalue weighted by molar-refractivity contribution is 5.32. The molecular weight excluding hydrogens is 134 g/mol. The minimum atomic E-state index is 0.587. The molecular formula is C10H8N. The predicted molar refractivity (Wildman–Crippen MR) is 43.9 cm³/mol. The average molecular weight is 142 g/mol. The maximum atomic E-state index is 8.52. The number of nitrogens with zero attached hydrogens (tertiary/aromatic N) is 1. The molecule has 1 heteroatoms. The fraction of sp³-hybridized carbons (Fsp3) is 0.100. The van der Waals surface area contributed by atoms with E-state index in [2.05, 4.69) is 12.6 Å². The fourth-order valence-corrected chi connectivity index (χ4v) is 0.872. The van der Waals surface area contributed by atoms with E-state index in [-0.39, 0.29) is 0 Å². The van der Waals surface area contributed by atoms with Gasteiger partial charge in [0.2, 0.25) is 0 Å². The quantitative estimate of drug-likeness (QED) is 0.580. The van der Waals surface area contributed by atoms with Crippen molar-refractivity contribution in [2.45, 2.75) is 6.42 Å². The molecule has 0 N–H and O–H groups in total. The Morgan fingerprint density at radius 1 is 1.73 bits per heavy atom. The van der Waals surface area contributed by atoms with E-state index in [1.165, 1.54) is 0 Å². The first-order valence-electron chi connectivity index (χ1n) is 3.38. The second-order valence-electron chi connectivity index (χ2n) is 2.22. The molecule has 53 valence electrons. The van der Waals surface area contributed by atoms with Gasteiger partial charge in [-0.1, -0.05) is 18.2 Å². The lowest BCUT2D eigenvalue weighted by Gasteiger charge is -1.94. The van der Waals surface area contributed by atoms with Crippen molar-refractivity contribution in [1.29, 1.82) is 5.26 Å².